The second-order valence-electron chi connectivity index (χ2n) is 11.9. The Morgan fingerprint density at radius 1 is 1.02 bits per heavy atom. The van der Waals surface area contributed by atoms with Gasteiger partial charge in [-0.05, 0) is 88.9 Å². The van der Waals surface area contributed by atoms with Crippen molar-refractivity contribution in [2.24, 2.45) is 0 Å². The summed E-state index contributed by atoms with van der Waals surface area (Å²) < 4.78 is 0. The number of hydrogen-bond donors (Lipinski definition) is 4. The minimum absolute atomic E-state index is 0.0544. The quantitative estimate of drug-likeness (QED) is 0.180. The first-order chi connectivity index (χ1) is 20.9. The van der Waals surface area contributed by atoms with Gasteiger partial charge < -0.3 is 25.8 Å². The molecule has 0 radical (unpaired) electrons. The van der Waals surface area contributed by atoms with Crippen LogP contribution in [0.15, 0.2) is 73.1 Å². The zero-order valence-electron chi connectivity index (χ0n) is 24.8. The number of hydrogen-bond acceptors (Lipinski definition) is 6. The molecule has 2 aliphatic carbocycles. The molecule has 4 N–H and O–H groups in total. The molecular formula is C34H39N7O2. The molecule has 43 heavy (non-hydrogen) atoms. The van der Waals surface area contributed by atoms with E-state index in [1.165, 1.54) is 29.9 Å². The number of benzene rings is 2. The lowest BCUT2D eigenvalue weighted by Crippen LogP contribution is -2.42. The van der Waals surface area contributed by atoms with Gasteiger partial charge >= 0.3 is 0 Å². The van der Waals surface area contributed by atoms with E-state index in [4.69, 9.17) is 9.97 Å². The molecule has 4 aromatic rings. The number of H-pyrrole nitrogens is 1. The summed E-state index contributed by atoms with van der Waals surface area (Å²) in [5.41, 5.74) is 5.66. The van der Waals surface area contributed by atoms with E-state index < -0.39 is 0 Å². The minimum atomic E-state index is -0.195. The maximum absolute atomic E-state index is 13.0. The van der Waals surface area contributed by atoms with Gasteiger partial charge in [0.1, 0.15) is 0 Å². The topological polar surface area (TPSA) is 115 Å². The maximum Gasteiger partial charge on any atom is 0.251 e. The van der Waals surface area contributed by atoms with Gasteiger partial charge in [0.2, 0.25) is 11.9 Å². The Morgan fingerprint density at radius 3 is 2.60 bits per heavy atom. The zero-order chi connectivity index (χ0) is 29.8. The second-order valence-corrected chi connectivity index (χ2v) is 11.9. The van der Waals surface area contributed by atoms with Gasteiger partial charge in [-0.2, -0.15) is 0 Å². The van der Waals surface area contributed by atoms with Gasteiger partial charge in [-0.15, -0.1) is 0 Å². The number of rotatable bonds is 10. The molecule has 222 valence electrons. The Labute approximate surface area is 252 Å². The number of aromatic amines is 1. The van der Waals surface area contributed by atoms with E-state index in [0.717, 1.165) is 42.5 Å². The van der Waals surface area contributed by atoms with Crippen LogP contribution in [0.3, 0.4) is 0 Å². The van der Waals surface area contributed by atoms with Crippen molar-refractivity contribution in [1.29, 1.82) is 0 Å². The molecule has 6 rings (SSSR count). The molecule has 2 amide bonds. The number of anilines is 2. The van der Waals surface area contributed by atoms with Gasteiger partial charge in [0.05, 0.1) is 5.69 Å². The largest absolute Gasteiger partial charge is 0.360 e. The highest BCUT2D eigenvalue weighted by Crippen LogP contribution is 2.45. The molecule has 2 aromatic carbocycles. The number of nitrogens with zero attached hydrogens (tertiary/aromatic N) is 3. The summed E-state index contributed by atoms with van der Waals surface area (Å²) in [7, 11) is 3.89. The molecule has 9 heteroatoms. The Morgan fingerprint density at radius 2 is 1.81 bits per heavy atom. The number of para-hydroxylation sites is 1. The molecule has 2 fully saturated rings. The maximum atomic E-state index is 13.0. The average molecular weight is 578 g/mol. The highest BCUT2D eigenvalue weighted by molar-refractivity contribution is 6.00. The van der Waals surface area contributed by atoms with Gasteiger partial charge in [0.25, 0.3) is 5.91 Å². The summed E-state index contributed by atoms with van der Waals surface area (Å²) in [6.45, 7) is 0.690. The first-order valence-corrected chi connectivity index (χ1v) is 15.2. The summed E-state index contributed by atoms with van der Waals surface area (Å²) in [6, 6.07) is 15.5. The Balaban J connectivity index is 1.07. The van der Waals surface area contributed by atoms with Crippen molar-refractivity contribution in [2.45, 2.75) is 56.5 Å². The molecule has 0 aliphatic heterocycles. The smallest absolute Gasteiger partial charge is 0.251 e. The normalized spacial score (nSPS) is 18.7. The summed E-state index contributed by atoms with van der Waals surface area (Å²) in [5, 5.41) is 10.8. The van der Waals surface area contributed by atoms with Crippen LogP contribution in [0.5, 0.6) is 0 Å². The van der Waals surface area contributed by atoms with Crippen LogP contribution in [0.2, 0.25) is 0 Å². The molecular weight excluding hydrogens is 538 g/mol. The summed E-state index contributed by atoms with van der Waals surface area (Å²) in [6.07, 6.45) is 13.5. The molecule has 2 unspecified atom stereocenters. The van der Waals surface area contributed by atoms with Crippen LogP contribution in [0, 0.1) is 0 Å². The fraction of sp³-hybridized carbons (Fsp3) is 0.353. The van der Waals surface area contributed by atoms with Gasteiger partial charge in [0.15, 0.2) is 0 Å². The monoisotopic (exact) mass is 577 g/mol. The average Bonchev–Trinajstić information content (AvgIpc) is 3.75. The van der Waals surface area contributed by atoms with Gasteiger partial charge in [0, 0.05) is 70.4 Å². The lowest BCUT2D eigenvalue weighted by molar-refractivity contribution is -0.111. The molecule has 2 aromatic heterocycles. The fourth-order valence-electron chi connectivity index (χ4n) is 5.80. The predicted octanol–water partition coefficient (Wildman–Crippen LogP) is 5.71. The SMILES string of the molecule is CN(C)CC=CC(=O)Nc1ccc(C(=O)NC2CCCC(Nc3ncc(C4CC4)c(-c4c[nH]c5ccccc45)n3)C2)cc1. The molecule has 0 spiro atoms. The number of carbonyl (C=O) groups is 2. The van der Waals surface area contributed by atoms with Crippen LogP contribution in [-0.2, 0) is 4.79 Å². The minimum Gasteiger partial charge on any atom is -0.360 e. The summed E-state index contributed by atoms with van der Waals surface area (Å²) in [4.78, 5) is 40.3. The number of fused-ring (bicyclic) bond motifs is 1. The van der Waals surface area contributed by atoms with Crippen molar-refractivity contribution in [1.82, 2.24) is 25.2 Å². The Kier molecular flexibility index (Phi) is 8.51. The lowest BCUT2D eigenvalue weighted by Gasteiger charge is -2.30. The van der Waals surface area contributed by atoms with Gasteiger partial charge in [-0.25, -0.2) is 9.97 Å². The number of carbonyl (C=O) groups excluding carboxylic acids is 2. The van der Waals surface area contributed by atoms with E-state index in [0.29, 0.717) is 29.7 Å². The van der Waals surface area contributed by atoms with Crippen molar-refractivity contribution in [3.8, 4) is 11.3 Å². The lowest BCUT2D eigenvalue weighted by atomic mass is 9.91. The van der Waals surface area contributed by atoms with Crippen LogP contribution >= 0.6 is 0 Å². The molecule has 0 saturated heterocycles. The van der Waals surface area contributed by atoms with E-state index in [1.807, 2.05) is 37.3 Å². The highest BCUT2D eigenvalue weighted by Gasteiger charge is 2.30. The Bertz CT molecular complexity index is 1620. The van der Waals surface area contributed by atoms with Crippen molar-refractivity contribution < 1.29 is 9.59 Å². The van der Waals surface area contributed by atoms with Crippen LogP contribution in [0.25, 0.3) is 22.2 Å². The van der Waals surface area contributed by atoms with E-state index >= 15 is 0 Å². The fourth-order valence-corrected chi connectivity index (χ4v) is 5.80. The predicted molar refractivity (Wildman–Crippen MR) is 171 cm³/mol. The highest BCUT2D eigenvalue weighted by atomic mass is 16.2. The first kappa shape index (κ1) is 28.6. The third kappa shape index (κ3) is 7.11. The molecule has 0 bridgehead atoms. The third-order valence-corrected chi connectivity index (χ3v) is 8.18. The van der Waals surface area contributed by atoms with Crippen LogP contribution in [0.4, 0.5) is 11.6 Å². The van der Waals surface area contributed by atoms with Crippen LogP contribution in [-0.4, -0.2) is 64.4 Å². The Hall–Kier alpha value is -4.50. The molecule has 2 heterocycles. The van der Waals surface area contributed by atoms with Crippen LogP contribution in [0.1, 0.15) is 60.4 Å². The van der Waals surface area contributed by atoms with Crippen molar-refractivity contribution >= 4 is 34.4 Å². The van der Waals surface area contributed by atoms with Crippen molar-refractivity contribution in [3.05, 3.63) is 84.2 Å². The number of aromatic nitrogens is 3. The van der Waals surface area contributed by atoms with E-state index in [1.54, 1.807) is 24.3 Å². The molecule has 2 saturated carbocycles. The van der Waals surface area contributed by atoms with Gasteiger partial charge in [-0.1, -0.05) is 24.3 Å². The number of amides is 2. The van der Waals surface area contributed by atoms with Crippen molar-refractivity contribution in [2.75, 3.05) is 31.3 Å². The number of likely N-dealkylation sites (N-methyl/N-ethyl adjacent to an activating group) is 1. The number of nitrogens with one attached hydrogen (secondary N) is 4. The van der Waals surface area contributed by atoms with Gasteiger partial charge in [-0.3, -0.25) is 9.59 Å². The van der Waals surface area contributed by atoms with Crippen LogP contribution < -0.4 is 16.0 Å². The molecule has 2 aliphatic rings. The standard InChI is InChI=1S/C34H39N7O2/c1-41(2)18-6-11-31(42)37-24-16-14-23(15-17-24)33(43)38-25-7-5-8-26(19-25)39-34-36-20-28(22-12-13-22)32(40-34)29-21-35-30-10-4-3-9-27(29)30/h3-4,6,9-11,14-17,20-22,25-26,35H,5,7-8,12-13,18-19H2,1-2H3,(H,37,42)(H,38,43)(H,36,39,40). The summed E-state index contributed by atoms with van der Waals surface area (Å²) >= 11 is 0. The summed E-state index contributed by atoms with van der Waals surface area (Å²) in [5.74, 6) is 0.860. The molecule has 9 nitrogen and oxygen atoms in total. The molecule has 2 atom stereocenters. The third-order valence-electron chi connectivity index (χ3n) is 8.18. The van der Waals surface area contributed by atoms with Crippen molar-refractivity contribution in [3.63, 3.8) is 0 Å². The zero-order valence-corrected chi connectivity index (χ0v) is 24.8. The van der Waals surface area contributed by atoms with E-state index in [9.17, 15) is 9.59 Å². The van der Waals surface area contributed by atoms with E-state index in [2.05, 4.69) is 45.3 Å². The first-order valence-electron chi connectivity index (χ1n) is 15.2. The second kappa shape index (κ2) is 12.8. The van der Waals surface area contributed by atoms with E-state index in [-0.39, 0.29) is 23.9 Å².